The molecule has 2 N–H and O–H groups in total. The molecule has 0 bridgehead atoms. The number of rotatable bonds is 1. The van der Waals surface area contributed by atoms with Crippen molar-refractivity contribution < 1.29 is 0 Å². The Morgan fingerprint density at radius 2 is 2.12 bits per heavy atom. The van der Waals surface area contributed by atoms with Gasteiger partial charge in [-0.1, -0.05) is 0 Å². The molecule has 0 saturated heterocycles. The van der Waals surface area contributed by atoms with Gasteiger partial charge in [-0.15, -0.1) is 0 Å². The lowest BCUT2D eigenvalue weighted by Crippen LogP contribution is -1.98. The molecule has 5 heteroatoms. The lowest BCUT2D eigenvalue weighted by molar-refractivity contribution is 0.885. The molecule has 4 nitrogen and oxygen atoms in total. The standard InChI is InChI=1S/C12H9IN4/c13-8-6-16-17(7-8)11-4-3-10(14)9-2-1-5-15-12(9)11/h1-7H,14H2. The van der Waals surface area contributed by atoms with Gasteiger partial charge in [0, 0.05) is 23.5 Å². The fourth-order valence-electron chi connectivity index (χ4n) is 1.80. The van der Waals surface area contributed by atoms with Crippen LogP contribution >= 0.6 is 22.6 Å². The van der Waals surface area contributed by atoms with Gasteiger partial charge in [0.15, 0.2) is 0 Å². The summed E-state index contributed by atoms with van der Waals surface area (Å²) in [6.07, 6.45) is 5.53. The van der Waals surface area contributed by atoms with Crippen molar-refractivity contribution in [1.82, 2.24) is 14.8 Å². The average Bonchev–Trinajstić information content (AvgIpc) is 2.77. The molecule has 0 spiro atoms. The van der Waals surface area contributed by atoms with Crippen molar-refractivity contribution in [1.29, 1.82) is 0 Å². The van der Waals surface area contributed by atoms with E-state index in [4.69, 9.17) is 5.73 Å². The van der Waals surface area contributed by atoms with Crippen molar-refractivity contribution in [3.05, 3.63) is 46.4 Å². The summed E-state index contributed by atoms with van der Waals surface area (Å²) < 4.78 is 2.90. The molecule has 0 aliphatic rings. The minimum Gasteiger partial charge on any atom is -0.398 e. The Morgan fingerprint density at radius 1 is 1.24 bits per heavy atom. The highest BCUT2D eigenvalue weighted by Crippen LogP contribution is 2.25. The highest BCUT2D eigenvalue weighted by Gasteiger charge is 2.07. The van der Waals surface area contributed by atoms with Crippen LogP contribution < -0.4 is 5.73 Å². The van der Waals surface area contributed by atoms with E-state index in [1.165, 1.54) is 0 Å². The SMILES string of the molecule is Nc1ccc(-n2cc(I)cn2)c2ncccc12. The van der Waals surface area contributed by atoms with E-state index in [1.807, 2.05) is 41.3 Å². The average molecular weight is 336 g/mol. The Hall–Kier alpha value is -1.63. The van der Waals surface area contributed by atoms with Gasteiger partial charge in [-0.05, 0) is 46.9 Å². The number of fused-ring (bicyclic) bond motifs is 1. The number of benzene rings is 1. The molecule has 0 radical (unpaired) electrons. The molecule has 0 atom stereocenters. The summed E-state index contributed by atoms with van der Waals surface area (Å²) in [6, 6.07) is 7.67. The van der Waals surface area contributed by atoms with E-state index in [0.717, 1.165) is 25.8 Å². The van der Waals surface area contributed by atoms with Crippen LogP contribution in [0.1, 0.15) is 0 Å². The van der Waals surface area contributed by atoms with Gasteiger partial charge < -0.3 is 5.73 Å². The molecule has 1 aromatic carbocycles. The Balaban J connectivity index is 2.34. The first-order valence-electron chi connectivity index (χ1n) is 5.09. The van der Waals surface area contributed by atoms with Crippen LogP contribution in [-0.2, 0) is 0 Å². The molecular weight excluding hydrogens is 327 g/mol. The van der Waals surface area contributed by atoms with Crippen molar-refractivity contribution >= 4 is 39.2 Å². The molecule has 17 heavy (non-hydrogen) atoms. The topological polar surface area (TPSA) is 56.7 Å². The van der Waals surface area contributed by atoms with Gasteiger partial charge in [0.1, 0.15) is 0 Å². The second-order valence-electron chi connectivity index (χ2n) is 3.68. The van der Waals surface area contributed by atoms with Crippen LogP contribution in [0.3, 0.4) is 0 Å². The first-order chi connectivity index (χ1) is 8.25. The third-order valence-electron chi connectivity index (χ3n) is 2.58. The summed E-state index contributed by atoms with van der Waals surface area (Å²) in [5, 5.41) is 5.25. The number of nitrogen functional groups attached to an aromatic ring is 1. The van der Waals surface area contributed by atoms with E-state index in [9.17, 15) is 0 Å². The van der Waals surface area contributed by atoms with Crippen LogP contribution in [0.2, 0.25) is 0 Å². The van der Waals surface area contributed by atoms with E-state index in [-0.39, 0.29) is 0 Å². The number of aromatic nitrogens is 3. The molecule has 84 valence electrons. The molecule has 2 aromatic heterocycles. The van der Waals surface area contributed by atoms with E-state index < -0.39 is 0 Å². The zero-order chi connectivity index (χ0) is 11.8. The van der Waals surface area contributed by atoms with Gasteiger partial charge in [0.05, 0.1) is 21.0 Å². The lowest BCUT2D eigenvalue weighted by atomic mass is 10.1. The lowest BCUT2D eigenvalue weighted by Gasteiger charge is -2.07. The molecule has 0 unspecified atom stereocenters. The number of halogens is 1. The summed E-state index contributed by atoms with van der Waals surface area (Å²) in [7, 11) is 0. The van der Waals surface area contributed by atoms with Gasteiger partial charge in [-0.25, -0.2) is 4.68 Å². The van der Waals surface area contributed by atoms with E-state index in [1.54, 1.807) is 6.20 Å². The van der Waals surface area contributed by atoms with Crippen molar-refractivity contribution in [2.24, 2.45) is 0 Å². The Bertz CT molecular complexity index is 690. The molecule has 0 amide bonds. The molecule has 0 saturated carbocycles. The van der Waals surface area contributed by atoms with Crippen molar-refractivity contribution in [3.8, 4) is 5.69 Å². The smallest absolute Gasteiger partial charge is 0.0979 e. The molecule has 0 aliphatic heterocycles. The number of anilines is 1. The quantitative estimate of drug-likeness (QED) is 0.549. The second-order valence-corrected chi connectivity index (χ2v) is 4.92. The highest BCUT2D eigenvalue weighted by atomic mass is 127. The molecule has 0 fully saturated rings. The van der Waals surface area contributed by atoms with E-state index >= 15 is 0 Å². The van der Waals surface area contributed by atoms with Crippen LogP contribution in [0, 0.1) is 3.57 Å². The van der Waals surface area contributed by atoms with Gasteiger partial charge in [0.2, 0.25) is 0 Å². The monoisotopic (exact) mass is 336 g/mol. The molecule has 2 heterocycles. The summed E-state index contributed by atoms with van der Waals surface area (Å²) in [5.41, 5.74) is 8.48. The number of pyridine rings is 1. The Labute approximate surface area is 112 Å². The first-order valence-corrected chi connectivity index (χ1v) is 6.17. The predicted molar refractivity (Wildman–Crippen MR) is 76.0 cm³/mol. The minimum atomic E-state index is 0.735. The van der Waals surface area contributed by atoms with Crippen LogP contribution in [0.4, 0.5) is 5.69 Å². The molecule has 0 aliphatic carbocycles. The van der Waals surface area contributed by atoms with Crippen LogP contribution in [0.15, 0.2) is 42.9 Å². The fourth-order valence-corrected chi connectivity index (χ4v) is 2.19. The van der Waals surface area contributed by atoms with Crippen molar-refractivity contribution in [2.75, 3.05) is 5.73 Å². The maximum absolute atomic E-state index is 5.94. The maximum atomic E-state index is 5.94. The normalized spacial score (nSPS) is 10.9. The summed E-state index contributed by atoms with van der Waals surface area (Å²) in [4.78, 5) is 4.38. The summed E-state index contributed by atoms with van der Waals surface area (Å²) in [5.74, 6) is 0. The highest BCUT2D eigenvalue weighted by molar-refractivity contribution is 14.1. The van der Waals surface area contributed by atoms with Crippen LogP contribution in [0.5, 0.6) is 0 Å². The number of hydrogen-bond acceptors (Lipinski definition) is 3. The van der Waals surface area contributed by atoms with Gasteiger partial charge in [-0.2, -0.15) is 5.10 Å². The maximum Gasteiger partial charge on any atom is 0.0979 e. The summed E-state index contributed by atoms with van der Waals surface area (Å²) >= 11 is 2.23. The van der Waals surface area contributed by atoms with Crippen LogP contribution in [-0.4, -0.2) is 14.8 Å². The van der Waals surface area contributed by atoms with E-state index in [0.29, 0.717) is 0 Å². The van der Waals surface area contributed by atoms with Gasteiger partial charge in [0.25, 0.3) is 0 Å². The second kappa shape index (κ2) is 3.99. The number of nitrogens with zero attached hydrogens (tertiary/aromatic N) is 3. The largest absolute Gasteiger partial charge is 0.398 e. The zero-order valence-corrected chi connectivity index (χ0v) is 11.0. The predicted octanol–water partition coefficient (Wildman–Crippen LogP) is 2.61. The molecule has 3 rings (SSSR count). The van der Waals surface area contributed by atoms with Crippen molar-refractivity contribution in [2.45, 2.75) is 0 Å². The Morgan fingerprint density at radius 3 is 2.88 bits per heavy atom. The third kappa shape index (κ3) is 1.76. The summed E-state index contributed by atoms with van der Waals surface area (Å²) in [6.45, 7) is 0. The van der Waals surface area contributed by atoms with Crippen LogP contribution in [0.25, 0.3) is 16.6 Å². The number of nitrogens with two attached hydrogens (primary N) is 1. The molecular formula is C12H9IN4. The third-order valence-corrected chi connectivity index (χ3v) is 3.14. The van der Waals surface area contributed by atoms with E-state index in [2.05, 4.69) is 32.7 Å². The molecule has 3 aromatic rings. The minimum absolute atomic E-state index is 0.735. The zero-order valence-electron chi connectivity index (χ0n) is 8.84. The van der Waals surface area contributed by atoms with Crippen molar-refractivity contribution in [3.63, 3.8) is 0 Å². The van der Waals surface area contributed by atoms with Gasteiger partial charge >= 0.3 is 0 Å². The number of hydrogen-bond donors (Lipinski definition) is 1. The fraction of sp³-hybridized carbons (Fsp3) is 0. The first kappa shape index (κ1) is 10.5. The van der Waals surface area contributed by atoms with Gasteiger partial charge in [-0.3, -0.25) is 4.98 Å². The Kier molecular flexibility index (Phi) is 2.47.